The third-order valence-electron chi connectivity index (χ3n) is 5.41. The van der Waals surface area contributed by atoms with Crippen LogP contribution in [0.4, 0.5) is 0 Å². The van der Waals surface area contributed by atoms with Crippen molar-refractivity contribution < 1.29 is 5.11 Å². The van der Waals surface area contributed by atoms with Crippen molar-refractivity contribution >= 4 is 6.08 Å². The van der Waals surface area contributed by atoms with Gasteiger partial charge >= 0.3 is 0 Å². The predicted octanol–water partition coefficient (Wildman–Crippen LogP) is 6.87. The topological polar surface area (TPSA) is 20.2 Å². The van der Waals surface area contributed by atoms with Crippen LogP contribution in [0, 0.1) is 11.3 Å². The van der Waals surface area contributed by atoms with Gasteiger partial charge in [0.25, 0.3) is 0 Å². The van der Waals surface area contributed by atoms with Crippen molar-refractivity contribution in [2.24, 2.45) is 11.3 Å². The summed E-state index contributed by atoms with van der Waals surface area (Å²) in [5, 5.41) is 10.3. The molecule has 1 saturated carbocycles. The van der Waals surface area contributed by atoms with E-state index in [9.17, 15) is 5.11 Å². The van der Waals surface area contributed by atoms with Crippen molar-refractivity contribution in [3.63, 3.8) is 0 Å². The average molecular weight is 315 g/mol. The first-order chi connectivity index (χ1) is 10.8. The van der Waals surface area contributed by atoms with Crippen molar-refractivity contribution in [2.45, 2.75) is 79.1 Å². The van der Waals surface area contributed by atoms with Crippen molar-refractivity contribution in [1.82, 2.24) is 0 Å². The molecular weight excluding hydrogens is 280 g/mol. The van der Waals surface area contributed by atoms with E-state index in [0.29, 0.717) is 28.9 Å². The van der Waals surface area contributed by atoms with Crippen LogP contribution in [0.3, 0.4) is 0 Å². The van der Waals surface area contributed by atoms with E-state index in [2.05, 4.69) is 59.8 Å². The average Bonchev–Trinajstić information content (AvgIpc) is 2.47. The molecule has 0 radical (unpaired) electrons. The Hall–Kier alpha value is -1.24. The minimum Gasteiger partial charge on any atom is -0.508 e. The summed E-state index contributed by atoms with van der Waals surface area (Å²) in [6.45, 7) is 13.3. The Balaban J connectivity index is 0.000000595. The third-order valence-corrected chi connectivity index (χ3v) is 5.41. The summed E-state index contributed by atoms with van der Waals surface area (Å²) in [5.74, 6) is 2.06. The van der Waals surface area contributed by atoms with Crippen LogP contribution in [-0.2, 0) is 0 Å². The molecule has 0 bridgehead atoms. The fourth-order valence-electron chi connectivity index (χ4n) is 4.19. The maximum atomic E-state index is 10.3. The minimum absolute atomic E-state index is 0.370. The summed E-state index contributed by atoms with van der Waals surface area (Å²) in [4.78, 5) is 0. The van der Waals surface area contributed by atoms with Crippen molar-refractivity contribution in [3.8, 4) is 5.75 Å². The molecule has 0 saturated heterocycles. The largest absolute Gasteiger partial charge is 0.508 e. The Labute approximate surface area is 142 Å². The quantitative estimate of drug-likeness (QED) is 0.599. The highest BCUT2D eigenvalue weighted by atomic mass is 16.3. The molecule has 0 heterocycles. The molecule has 1 nitrogen and oxygen atoms in total. The number of hydrogen-bond donors (Lipinski definition) is 1. The Morgan fingerprint density at radius 1 is 1.22 bits per heavy atom. The van der Waals surface area contributed by atoms with Gasteiger partial charge in [-0.05, 0) is 64.8 Å². The van der Waals surface area contributed by atoms with Crippen LogP contribution in [0.15, 0.2) is 18.2 Å². The number of fused-ring (bicyclic) bond motifs is 3. The molecule has 2 aliphatic carbocycles. The molecule has 1 heteroatoms. The second kappa shape index (κ2) is 7.11. The first-order valence-corrected chi connectivity index (χ1v) is 9.36. The Morgan fingerprint density at radius 3 is 2.48 bits per heavy atom. The molecular formula is C22H34O. The van der Waals surface area contributed by atoms with E-state index in [1.807, 2.05) is 6.07 Å². The van der Waals surface area contributed by atoms with E-state index >= 15 is 0 Å². The van der Waals surface area contributed by atoms with Crippen LogP contribution < -0.4 is 0 Å². The van der Waals surface area contributed by atoms with Gasteiger partial charge in [-0.25, -0.2) is 0 Å². The first-order valence-electron chi connectivity index (χ1n) is 9.36. The number of phenolic OH excluding ortho intramolecular Hbond substituents is 1. The van der Waals surface area contributed by atoms with Gasteiger partial charge in [0.05, 0.1) is 0 Å². The maximum absolute atomic E-state index is 10.3. The highest BCUT2D eigenvalue weighted by molar-refractivity contribution is 5.62. The molecule has 23 heavy (non-hydrogen) atoms. The second-order valence-electron chi connectivity index (χ2n) is 8.27. The summed E-state index contributed by atoms with van der Waals surface area (Å²) < 4.78 is 0. The third kappa shape index (κ3) is 3.65. The maximum Gasteiger partial charge on any atom is 0.119 e. The number of aromatic hydroxyl groups is 1. The Kier molecular flexibility index (Phi) is 5.60. The lowest BCUT2D eigenvalue weighted by molar-refractivity contribution is 0.150. The number of benzene rings is 1. The van der Waals surface area contributed by atoms with Gasteiger partial charge in [0.1, 0.15) is 5.75 Å². The lowest BCUT2D eigenvalue weighted by Gasteiger charge is -2.45. The molecule has 128 valence electrons. The van der Waals surface area contributed by atoms with Gasteiger partial charge < -0.3 is 5.11 Å². The lowest BCUT2D eigenvalue weighted by atomic mass is 9.59. The first kappa shape index (κ1) is 18.1. The van der Waals surface area contributed by atoms with Gasteiger partial charge in [-0.2, -0.15) is 0 Å². The van der Waals surface area contributed by atoms with Crippen molar-refractivity contribution in [2.75, 3.05) is 0 Å². The molecule has 0 aromatic heterocycles. The van der Waals surface area contributed by atoms with Gasteiger partial charge in [0.2, 0.25) is 0 Å². The van der Waals surface area contributed by atoms with Gasteiger partial charge in [-0.15, -0.1) is 0 Å². The Bertz CT molecular complexity index is 566. The van der Waals surface area contributed by atoms with Crippen LogP contribution in [-0.4, -0.2) is 5.11 Å². The van der Waals surface area contributed by atoms with E-state index in [1.165, 1.54) is 36.8 Å². The predicted molar refractivity (Wildman–Crippen MR) is 101 cm³/mol. The molecule has 1 aromatic carbocycles. The van der Waals surface area contributed by atoms with Gasteiger partial charge in [-0.3, -0.25) is 0 Å². The van der Waals surface area contributed by atoms with Crippen LogP contribution in [0.5, 0.6) is 5.75 Å². The van der Waals surface area contributed by atoms with Crippen molar-refractivity contribution in [1.29, 1.82) is 0 Å². The highest BCUT2D eigenvalue weighted by Gasteiger charge is 2.40. The molecule has 0 aliphatic heterocycles. The number of allylic oxidation sites excluding steroid dienone is 1. The second-order valence-corrected chi connectivity index (χ2v) is 8.27. The standard InChI is InChI=1S/C19H26O.C3H8/c1-12(2)15-10-13-7-8-17-14(16(13)11-18(15)20)6-5-9-19(17,3)4;1-3-2/h7-8,10-12,14,17,20H,5-6,9H2,1-4H3;3H2,1-2H3. The normalized spacial score (nSPS) is 24.5. The highest BCUT2D eigenvalue weighted by Crippen LogP contribution is 2.52. The lowest BCUT2D eigenvalue weighted by Crippen LogP contribution is -2.34. The van der Waals surface area contributed by atoms with E-state index in [-0.39, 0.29) is 0 Å². The smallest absolute Gasteiger partial charge is 0.119 e. The zero-order valence-electron chi connectivity index (χ0n) is 15.8. The summed E-state index contributed by atoms with van der Waals surface area (Å²) in [6.07, 6.45) is 9.83. The summed E-state index contributed by atoms with van der Waals surface area (Å²) in [7, 11) is 0. The molecule has 1 fully saturated rings. The number of hydrogen-bond acceptors (Lipinski definition) is 1. The van der Waals surface area contributed by atoms with Crippen molar-refractivity contribution in [3.05, 3.63) is 34.9 Å². The molecule has 2 aliphatic rings. The minimum atomic E-state index is 0.370. The fourth-order valence-corrected chi connectivity index (χ4v) is 4.19. The van der Waals surface area contributed by atoms with E-state index in [4.69, 9.17) is 0 Å². The Morgan fingerprint density at radius 2 is 1.87 bits per heavy atom. The molecule has 2 atom stereocenters. The number of phenols is 1. The SMILES string of the molecule is CC(C)c1cc2c(cc1O)C1CCCC(C)(C)C1C=C2.CCC. The molecule has 2 unspecified atom stereocenters. The van der Waals surface area contributed by atoms with E-state index in [0.717, 1.165) is 5.56 Å². The van der Waals surface area contributed by atoms with Crippen LogP contribution in [0.2, 0.25) is 0 Å². The van der Waals surface area contributed by atoms with Gasteiger partial charge in [0, 0.05) is 0 Å². The zero-order chi connectivity index (χ0) is 17.2. The van der Waals surface area contributed by atoms with Crippen LogP contribution in [0.1, 0.15) is 95.8 Å². The zero-order valence-corrected chi connectivity index (χ0v) is 15.8. The number of rotatable bonds is 1. The van der Waals surface area contributed by atoms with Gasteiger partial charge in [0.15, 0.2) is 0 Å². The summed E-state index contributed by atoms with van der Waals surface area (Å²) in [5.41, 5.74) is 4.14. The van der Waals surface area contributed by atoms with Crippen LogP contribution >= 0.6 is 0 Å². The van der Waals surface area contributed by atoms with Gasteiger partial charge in [-0.1, -0.05) is 66.5 Å². The molecule has 1 aromatic rings. The monoisotopic (exact) mass is 314 g/mol. The summed E-state index contributed by atoms with van der Waals surface area (Å²) in [6, 6.07) is 4.25. The van der Waals surface area contributed by atoms with Crippen LogP contribution in [0.25, 0.3) is 6.08 Å². The van der Waals surface area contributed by atoms with E-state index < -0.39 is 0 Å². The fraction of sp³-hybridized carbons (Fsp3) is 0.636. The molecule has 1 N–H and O–H groups in total. The molecule has 3 rings (SSSR count). The molecule has 0 spiro atoms. The molecule has 0 amide bonds. The summed E-state index contributed by atoms with van der Waals surface area (Å²) >= 11 is 0. The van der Waals surface area contributed by atoms with E-state index in [1.54, 1.807) is 0 Å².